The average molecular weight is 317 g/mol. The number of β-amino-alcohol motifs (C(OH)–C–C–N with tert-alkyl or cyclic N) is 1. The van der Waals surface area contributed by atoms with E-state index < -0.39 is 5.60 Å². The molecular formula is C15H22Cl2N2O. The molecule has 1 aromatic rings. The lowest BCUT2D eigenvalue weighted by molar-refractivity contribution is 0.0167. The molecule has 20 heavy (non-hydrogen) atoms. The van der Waals surface area contributed by atoms with Crippen LogP contribution in [0.1, 0.15) is 19.4 Å². The van der Waals surface area contributed by atoms with Crippen LogP contribution >= 0.6 is 23.2 Å². The third-order valence-corrected chi connectivity index (χ3v) is 4.08. The van der Waals surface area contributed by atoms with Gasteiger partial charge in [-0.05, 0) is 37.6 Å². The second-order valence-corrected chi connectivity index (χ2v) is 6.94. The highest BCUT2D eigenvalue weighted by atomic mass is 35.5. The van der Waals surface area contributed by atoms with E-state index in [1.807, 2.05) is 32.0 Å². The first-order valence-corrected chi connectivity index (χ1v) is 7.70. The van der Waals surface area contributed by atoms with E-state index in [9.17, 15) is 5.11 Å². The Labute approximate surface area is 131 Å². The molecule has 5 heteroatoms. The maximum absolute atomic E-state index is 9.85. The van der Waals surface area contributed by atoms with E-state index >= 15 is 0 Å². The van der Waals surface area contributed by atoms with Gasteiger partial charge in [0.1, 0.15) is 0 Å². The van der Waals surface area contributed by atoms with Gasteiger partial charge in [-0.1, -0.05) is 23.2 Å². The number of piperazine rings is 1. The number of nitrogens with zero attached hydrogens (tertiary/aromatic N) is 2. The fourth-order valence-electron chi connectivity index (χ4n) is 2.56. The topological polar surface area (TPSA) is 26.7 Å². The highest BCUT2D eigenvalue weighted by Gasteiger charge is 2.22. The van der Waals surface area contributed by atoms with Crippen LogP contribution in [0.4, 0.5) is 0 Å². The zero-order valence-corrected chi connectivity index (χ0v) is 13.6. The fourth-order valence-corrected chi connectivity index (χ4v) is 2.93. The monoisotopic (exact) mass is 316 g/mol. The van der Waals surface area contributed by atoms with E-state index in [0.29, 0.717) is 0 Å². The second-order valence-electron chi connectivity index (χ2n) is 6.10. The summed E-state index contributed by atoms with van der Waals surface area (Å²) in [6.45, 7) is 9.17. The molecule has 0 amide bonds. The van der Waals surface area contributed by atoms with Gasteiger partial charge < -0.3 is 5.11 Å². The van der Waals surface area contributed by atoms with Crippen molar-refractivity contribution in [3.63, 3.8) is 0 Å². The summed E-state index contributed by atoms with van der Waals surface area (Å²) in [4.78, 5) is 4.68. The summed E-state index contributed by atoms with van der Waals surface area (Å²) < 4.78 is 0. The van der Waals surface area contributed by atoms with Crippen LogP contribution in [-0.4, -0.2) is 53.2 Å². The Morgan fingerprint density at radius 2 is 1.70 bits per heavy atom. The third-order valence-electron chi connectivity index (χ3n) is 3.48. The molecule has 1 N–H and O–H groups in total. The smallest absolute Gasteiger partial charge is 0.0718 e. The maximum atomic E-state index is 9.85. The van der Waals surface area contributed by atoms with E-state index in [1.165, 1.54) is 0 Å². The van der Waals surface area contributed by atoms with Gasteiger partial charge >= 0.3 is 0 Å². The molecule has 0 aliphatic carbocycles. The van der Waals surface area contributed by atoms with Gasteiger partial charge in [-0.3, -0.25) is 9.80 Å². The highest BCUT2D eigenvalue weighted by molar-refractivity contribution is 6.33. The minimum atomic E-state index is -0.627. The fraction of sp³-hybridized carbons (Fsp3) is 0.600. The van der Waals surface area contributed by atoms with Crippen LogP contribution in [0.25, 0.3) is 0 Å². The Kier molecular flexibility index (Phi) is 5.32. The molecule has 1 heterocycles. The number of halogens is 2. The molecule has 0 unspecified atom stereocenters. The van der Waals surface area contributed by atoms with Crippen LogP contribution in [0.15, 0.2) is 18.2 Å². The molecule has 1 aromatic carbocycles. The standard InChI is InChI=1S/C15H22Cl2N2O/c1-15(2,20)11-19-7-5-18(6-8-19)10-12-9-13(16)3-4-14(12)17/h3-4,9,20H,5-8,10-11H2,1-2H3. The van der Waals surface area contributed by atoms with Gasteiger partial charge in [-0.15, -0.1) is 0 Å². The summed E-state index contributed by atoms with van der Waals surface area (Å²) in [7, 11) is 0. The van der Waals surface area contributed by atoms with Crippen molar-refractivity contribution in [3.8, 4) is 0 Å². The summed E-state index contributed by atoms with van der Waals surface area (Å²) in [5, 5.41) is 11.3. The molecule has 1 aliphatic heterocycles. The highest BCUT2D eigenvalue weighted by Crippen LogP contribution is 2.22. The van der Waals surface area contributed by atoms with Crippen LogP contribution in [0.5, 0.6) is 0 Å². The molecule has 1 fully saturated rings. The molecule has 0 radical (unpaired) electrons. The van der Waals surface area contributed by atoms with E-state index in [1.54, 1.807) is 0 Å². The zero-order chi connectivity index (χ0) is 14.8. The molecule has 0 saturated carbocycles. The molecule has 3 nitrogen and oxygen atoms in total. The third kappa shape index (κ3) is 4.90. The van der Waals surface area contributed by atoms with Gasteiger partial charge in [0.2, 0.25) is 0 Å². The summed E-state index contributed by atoms with van der Waals surface area (Å²) in [5.74, 6) is 0. The molecule has 112 valence electrons. The van der Waals surface area contributed by atoms with Gasteiger partial charge in [-0.25, -0.2) is 0 Å². The van der Waals surface area contributed by atoms with Crippen molar-refractivity contribution >= 4 is 23.2 Å². The zero-order valence-electron chi connectivity index (χ0n) is 12.1. The molecule has 1 saturated heterocycles. The average Bonchev–Trinajstić information content (AvgIpc) is 2.34. The van der Waals surface area contributed by atoms with Crippen molar-refractivity contribution in [2.45, 2.75) is 26.0 Å². The van der Waals surface area contributed by atoms with Crippen molar-refractivity contribution in [1.82, 2.24) is 9.80 Å². The van der Waals surface area contributed by atoms with Crippen LogP contribution in [0.2, 0.25) is 10.0 Å². The summed E-state index contributed by atoms with van der Waals surface area (Å²) >= 11 is 12.2. The second kappa shape index (κ2) is 6.63. The maximum Gasteiger partial charge on any atom is 0.0718 e. The first-order valence-electron chi connectivity index (χ1n) is 6.94. The van der Waals surface area contributed by atoms with Gasteiger partial charge in [0, 0.05) is 49.3 Å². The molecule has 0 bridgehead atoms. The lowest BCUT2D eigenvalue weighted by Crippen LogP contribution is -2.50. The Bertz CT molecular complexity index is 452. The normalized spacial score (nSPS) is 18.4. The van der Waals surface area contributed by atoms with Crippen LogP contribution in [-0.2, 0) is 6.54 Å². The molecule has 2 rings (SSSR count). The Balaban J connectivity index is 1.87. The van der Waals surface area contributed by atoms with Gasteiger partial charge in [0.25, 0.3) is 0 Å². The van der Waals surface area contributed by atoms with Gasteiger partial charge in [0.15, 0.2) is 0 Å². The molecule has 0 aromatic heterocycles. The van der Waals surface area contributed by atoms with E-state index in [-0.39, 0.29) is 0 Å². The predicted molar refractivity (Wildman–Crippen MR) is 84.5 cm³/mol. The first kappa shape index (κ1) is 16.1. The number of aliphatic hydroxyl groups is 1. The Morgan fingerprint density at radius 3 is 2.30 bits per heavy atom. The summed E-state index contributed by atoms with van der Waals surface area (Å²) in [6, 6.07) is 5.60. The van der Waals surface area contributed by atoms with Crippen LogP contribution < -0.4 is 0 Å². The largest absolute Gasteiger partial charge is 0.389 e. The number of hydrogen-bond acceptors (Lipinski definition) is 3. The first-order chi connectivity index (χ1) is 9.33. The van der Waals surface area contributed by atoms with E-state index in [4.69, 9.17) is 23.2 Å². The Morgan fingerprint density at radius 1 is 1.10 bits per heavy atom. The lowest BCUT2D eigenvalue weighted by Gasteiger charge is -2.37. The minimum absolute atomic E-state index is 0.627. The van der Waals surface area contributed by atoms with Crippen LogP contribution in [0.3, 0.4) is 0 Å². The molecule has 0 spiro atoms. The molecule has 1 aliphatic rings. The van der Waals surface area contributed by atoms with Crippen molar-refractivity contribution in [3.05, 3.63) is 33.8 Å². The predicted octanol–water partition coefficient (Wildman–Crippen LogP) is 2.88. The van der Waals surface area contributed by atoms with Crippen molar-refractivity contribution < 1.29 is 5.11 Å². The minimum Gasteiger partial charge on any atom is -0.389 e. The Hall–Kier alpha value is -0.320. The van der Waals surface area contributed by atoms with E-state index in [2.05, 4.69) is 9.80 Å². The van der Waals surface area contributed by atoms with Gasteiger partial charge in [0.05, 0.1) is 5.60 Å². The summed E-state index contributed by atoms with van der Waals surface area (Å²) in [5.41, 5.74) is 0.452. The van der Waals surface area contributed by atoms with Crippen molar-refractivity contribution in [2.24, 2.45) is 0 Å². The SMILES string of the molecule is CC(C)(O)CN1CCN(Cc2cc(Cl)ccc2Cl)CC1. The summed E-state index contributed by atoms with van der Waals surface area (Å²) in [6.07, 6.45) is 0. The number of rotatable bonds is 4. The quantitative estimate of drug-likeness (QED) is 0.925. The van der Waals surface area contributed by atoms with E-state index in [0.717, 1.165) is 54.9 Å². The number of hydrogen-bond donors (Lipinski definition) is 1. The number of benzene rings is 1. The molecular weight excluding hydrogens is 295 g/mol. The van der Waals surface area contributed by atoms with Crippen molar-refractivity contribution in [1.29, 1.82) is 0 Å². The van der Waals surface area contributed by atoms with Gasteiger partial charge in [-0.2, -0.15) is 0 Å². The van der Waals surface area contributed by atoms with Crippen LogP contribution in [0, 0.1) is 0 Å². The van der Waals surface area contributed by atoms with Crippen molar-refractivity contribution in [2.75, 3.05) is 32.7 Å². The lowest BCUT2D eigenvalue weighted by atomic mass is 10.1. The molecule has 0 atom stereocenters.